The van der Waals surface area contributed by atoms with Crippen molar-refractivity contribution in [2.75, 3.05) is 12.3 Å². The number of alkyl halides is 2. The Morgan fingerprint density at radius 2 is 2.31 bits per heavy atom. The lowest BCUT2D eigenvalue weighted by atomic mass is 10.4. The third-order valence-corrected chi connectivity index (χ3v) is 3.08. The van der Waals surface area contributed by atoms with E-state index in [9.17, 15) is 13.6 Å². The number of hydrogen-bond donors (Lipinski definition) is 1. The Balaban J connectivity index is 2.71. The molecule has 0 atom stereocenters. The van der Waals surface area contributed by atoms with Crippen LogP contribution in [-0.2, 0) is 4.79 Å². The molecular weight excluding hydrogens is 220 g/mol. The van der Waals surface area contributed by atoms with E-state index < -0.39 is 12.2 Å². The minimum absolute atomic E-state index is 0.373. The van der Waals surface area contributed by atoms with Crippen molar-refractivity contribution in [3.63, 3.8) is 0 Å². The average Bonchev–Trinajstić information content (AvgIpc) is 2.17. The molecule has 0 radical (unpaired) electrons. The molecule has 74 valence electrons. The minimum atomic E-state index is -3.02. The molecule has 0 aromatic carbocycles. The highest BCUT2D eigenvalue weighted by molar-refractivity contribution is 8.03. The number of hydrogen-bond acceptors (Lipinski definition) is 3. The van der Waals surface area contributed by atoms with Gasteiger partial charge < -0.3 is 5.32 Å². The fourth-order valence-electron chi connectivity index (χ4n) is 0.848. The van der Waals surface area contributed by atoms with E-state index in [0.29, 0.717) is 11.6 Å². The van der Waals surface area contributed by atoms with Crippen molar-refractivity contribution in [1.82, 2.24) is 5.32 Å². The number of ketones is 1. The summed E-state index contributed by atoms with van der Waals surface area (Å²) < 4.78 is 23.9. The highest BCUT2D eigenvalue weighted by Gasteiger charge is 2.23. The summed E-state index contributed by atoms with van der Waals surface area (Å²) in [5, 5.41) is 2.81. The highest BCUT2D eigenvalue weighted by atomic mass is 35.5. The number of carbonyl (C=O) groups is 1. The SMILES string of the molecule is O=C(/C(Cl)=C1/NCCCS1)C(F)F. The van der Waals surface area contributed by atoms with E-state index in [4.69, 9.17) is 11.6 Å². The van der Waals surface area contributed by atoms with Gasteiger partial charge in [-0.1, -0.05) is 11.6 Å². The van der Waals surface area contributed by atoms with Crippen LogP contribution < -0.4 is 5.32 Å². The minimum Gasteiger partial charge on any atom is -0.379 e. The van der Waals surface area contributed by atoms with E-state index in [2.05, 4.69) is 5.32 Å². The summed E-state index contributed by atoms with van der Waals surface area (Å²) in [6.07, 6.45) is -2.08. The van der Waals surface area contributed by atoms with Gasteiger partial charge in [-0.3, -0.25) is 4.79 Å². The third-order valence-electron chi connectivity index (χ3n) is 1.47. The second-order valence-electron chi connectivity index (χ2n) is 2.44. The van der Waals surface area contributed by atoms with Crippen LogP contribution >= 0.6 is 23.4 Å². The topological polar surface area (TPSA) is 29.1 Å². The van der Waals surface area contributed by atoms with Gasteiger partial charge in [-0.15, -0.1) is 11.8 Å². The van der Waals surface area contributed by atoms with E-state index in [1.807, 2.05) is 0 Å². The molecule has 13 heavy (non-hydrogen) atoms. The number of Topliss-reactive ketones (excluding diaryl/α,β-unsaturated/α-hetero) is 1. The molecule has 0 amide bonds. The van der Waals surface area contributed by atoms with Gasteiger partial charge in [-0.05, 0) is 6.42 Å². The molecule has 0 saturated carbocycles. The first-order valence-corrected chi connectivity index (χ1v) is 5.08. The summed E-state index contributed by atoms with van der Waals surface area (Å²) in [4.78, 5) is 10.7. The highest BCUT2D eigenvalue weighted by Crippen LogP contribution is 2.25. The summed E-state index contributed by atoms with van der Waals surface area (Å²) in [6.45, 7) is 0.676. The normalized spacial score (nSPS) is 21.2. The maximum absolute atomic E-state index is 11.9. The summed E-state index contributed by atoms with van der Waals surface area (Å²) in [5.41, 5.74) is 0. The molecule has 0 aliphatic carbocycles. The van der Waals surface area contributed by atoms with Crippen LogP contribution in [0.2, 0.25) is 0 Å². The molecule has 1 rings (SSSR count). The van der Waals surface area contributed by atoms with Crippen molar-refractivity contribution in [2.45, 2.75) is 12.8 Å². The summed E-state index contributed by atoms with van der Waals surface area (Å²) >= 11 is 6.77. The zero-order valence-corrected chi connectivity index (χ0v) is 8.22. The molecule has 6 heteroatoms. The Morgan fingerprint density at radius 3 is 2.77 bits per heavy atom. The second kappa shape index (κ2) is 4.81. The first-order chi connectivity index (χ1) is 6.13. The number of allylic oxidation sites excluding steroid dienone is 1. The van der Waals surface area contributed by atoms with E-state index in [1.54, 1.807) is 0 Å². The van der Waals surface area contributed by atoms with Crippen LogP contribution in [0.4, 0.5) is 8.78 Å². The predicted molar refractivity (Wildman–Crippen MR) is 49.0 cm³/mol. The van der Waals surface area contributed by atoms with E-state index in [-0.39, 0.29) is 5.03 Å². The smallest absolute Gasteiger partial charge is 0.301 e. The predicted octanol–water partition coefficient (Wildman–Crippen LogP) is 1.95. The van der Waals surface area contributed by atoms with Gasteiger partial charge in [0.25, 0.3) is 0 Å². The summed E-state index contributed by atoms with van der Waals surface area (Å²) in [7, 11) is 0. The molecule has 0 unspecified atom stereocenters. The molecule has 1 fully saturated rings. The van der Waals surface area contributed by atoms with Crippen LogP contribution in [0.25, 0.3) is 0 Å². The molecule has 2 nitrogen and oxygen atoms in total. The number of carbonyl (C=O) groups excluding carboxylic acids is 1. The van der Waals surface area contributed by atoms with Gasteiger partial charge in [0, 0.05) is 12.3 Å². The number of thioether (sulfide) groups is 1. The van der Waals surface area contributed by atoms with Gasteiger partial charge in [0.2, 0.25) is 5.78 Å². The Kier molecular flexibility index (Phi) is 3.99. The monoisotopic (exact) mass is 227 g/mol. The Morgan fingerprint density at radius 1 is 1.62 bits per heavy atom. The molecule has 1 aliphatic rings. The Labute approximate surface area is 83.7 Å². The number of halogens is 3. The lowest BCUT2D eigenvalue weighted by molar-refractivity contribution is -0.124. The first-order valence-electron chi connectivity index (χ1n) is 3.71. The van der Waals surface area contributed by atoms with E-state index in [1.165, 1.54) is 11.8 Å². The molecule has 1 aliphatic heterocycles. The maximum Gasteiger partial charge on any atom is 0.301 e. The maximum atomic E-state index is 11.9. The Hall–Kier alpha value is -0.290. The molecule has 0 spiro atoms. The van der Waals surface area contributed by atoms with Crippen molar-refractivity contribution >= 4 is 29.1 Å². The van der Waals surface area contributed by atoms with Crippen LogP contribution in [0.15, 0.2) is 10.1 Å². The number of rotatable bonds is 2. The molecular formula is C7H8ClF2NOS. The average molecular weight is 228 g/mol. The summed E-state index contributed by atoms with van der Waals surface area (Å²) in [6, 6.07) is 0. The third kappa shape index (κ3) is 2.84. The molecule has 0 aromatic heterocycles. The zero-order chi connectivity index (χ0) is 9.84. The van der Waals surface area contributed by atoms with Crippen LogP contribution in [-0.4, -0.2) is 24.5 Å². The second-order valence-corrected chi connectivity index (χ2v) is 3.92. The molecule has 1 N–H and O–H groups in total. The zero-order valence-electron chi connectivity index (χ0n) is 6.65. The van der Waals surface area contributed by atoms with Gasteiger partial charge in [-0.2, -0.15) is 0 Å². The fourth-order valence-corrected chi connectivity index (χ4v) is 2.09. The molecule has 1 saturated heterocycles. The lowest BCUT2D eigenvalue weighted by Gasteiger charge is -2.16. The van der Waals surface area contributed by atoms with Crippen molar-refractivity contribution in [1.29, 1.82) is 0 Å². The summed E-state index contributed by atoms with van der Waals surface area (Å²) in [5.74, 6) is -0.506. The van der Waals surface area contributed by atoms with Crippen molar-refractivity contribution in [3.8, 4) is 0 Å². The number of nitrogens with one attached hydrogen (secondary N) is 1. The first kappa shape index (κ1) is 10.8. The van der Waals surface area contributed by atoms with Crippen molar-refractivity contribution < 1.29 is 13.6 Å². The lowest BCUT2D eigenvalue weighted by Crippen LogP contribution is -2.23. The van der Waals surface area contributed by atoms with Crippen LogP contribution in [0.1, 0.15) is 6.42 Å². The largest absolute Gasteiger partial charge is 0.379 e. The van der Waals surface area contributed by atoms with Gasteiger partial charge in [0.05, 0.1) is 5.03 Å². The van der Waals surface area contributed by atoms with Crippen molar-refractivity contribution in [3.05, 3.63) is 10.1 Å². The van der Waals surface area contributed by atoms with Crippen LogP contribution in [0.3, 0.4) is 0 Å². The fraction of sp³-hybridized carbons (Fsp3) is 0.571. The quantitative estimate of drug-likeness (QED) is 0.732. The van der Waals surface area contributed by atoms with Crippen LogP contribution in [0, 0.1) is 0 Å². The van der Waals surface area contributed by atoms with Crippen molar-refractivity contribution in [2.24, 2.45) is 0 Å². The van der Waals surface area contributed by atoms with E-state index in [0.717, 1.165) is 12.2 Å². The van der Waals surface area contributed by atoms with E-state index >= 15 is 0 Å². The Bertz CT molecular complexity index is 237. The van der Waals surface area contributed by atoms with Gasteiger partial charge in [-0.25, -0.2) is 8.78 Å². The van der Waals surface area contributed by atoms with Gasteiger partial charge in [0.15, 0.2) is 0 Å². The van der Waals surface area contributed by atoms with Gasteiger partial charge in [0.1, 0.15) is 5.03 Å². The van der Waals surface area contributed by atoms with Crippen LogP contribution in [0.5, 0.6) is 0 Å². The standard InChI is InChI=1S/C7H8ClF2NOS/c8-4(5(12)6(9)10)7-11-2-1-3-13-7/h6,11H,1-3H2/b7-4+. The van der Waals surface area contributed by atoms with Gasteiger partial charge >= 0.3 is 6.43 Å². The molecule has 0 aromatic rings. The molecule has 0 bridgehead atoms. The molecule has 1 heterocycles.